The van der Waals surface area contributed by atoms with Crippen molar-refractivity contribution in [1.82, 2.24) is 10.3 Å². The molecule has 0 saturated heterocycles. The van der Waals surface area contributed by atoms with E-state index >= 15 is 0 Å². The maximum atomic E-state index is 5.73. The molecule has 1 aromatic heterocycles. The van der Waals surface area contributed by atoms with E-state index in [0.717, 1.165) is 18.0 Å². The third kappa shape index (κ3) is 3.22. The molecule has 1 heterocycles. The van der Waals surface area contributed by atoms with Crippen molar-refractivity contribution >= 4 is 0 Å². The summed E-state index contributed by atoms with van der Waals surface area (Å²) in [6.07, 6.45) is 4.62. The molecule has 1 fully saturated rings. The minimum Gasteiger partial charge on any atom is -0.475 e. The fourth-order valence-corrected chi connectivity index (χ4v) is 2.03. The first-order valence-electron chi connectivity index (χ1n) is 6.85. The van der Waals surface area contributed by atoms with Gasteiger partial charge in [0.25, 0.3) is 0 Å². The Labute approximate surface area is 110 Å². The van der Waals surface area contributed by atoms with Crippen LogP contribution in [0.15, 0.2) is 18.3 Å². The number of hydrogen-bond acceptors (Lipinski definition) is 3. The lowest BCUT2D eigenvalue weighted by molar-refractivity contribution is 0.228. The quantitative estimate of drug-likeness (QED) is 0.839. The van der Waals surface area contributed by atoms with Gasteiger partial charge >= 0.3 is 0 Å². The molecule has 0 aromatic carbocycles. The first-order chi connectivity index (χ1) is 8.51. The molecule has 1 saturated carbocycles. The topological polar surface area (TPSA) is 34.1 Å². The molecule has 1 aliphatic carbocycles. The van der Waals surface area contributed by atoms with Gasteiger partial charge in [-0.2, -0.15) is 0 Å². The highest BCUT2D eigenvalue weighted by molar-refractivity contribution is 5.25. The standard InChI is InChI=1S/C15H24N2O/c1-11(2)18-14-13(6-5-9-16-14)10-17-12(3)15(4)7-8-15/h5-6,9,11-12,17H,7-8,10H2,1-4H3. The van der Waals surface area contributed by atoms with Crippen LogP contribution in [0, 0.1) is 5.41 Å². The predicted octanol–water partition coefficient (Wildman–Crippen LogP) is 3.15. The summed E-state index contributed by atoms with van der Waals surface area (Å²) in [6, 6.07) is 4.59. The molecule has 1 atom stereocenters. The van der Waals surface area contributed by atoms with Crippen LogP contribution in [0.25, 0.3) is 0 Å². The maximum absolute atomic E-state index is 5.73. The van der Waals surface area contributed by atoms with E-state index in [1.54, 1.807) is 6.20 Å². The Balaban J connectivity index is 1.96. The van der Waals surface area contributed by atoms with Crippen LogP contribution in [-0.4, -0.2) is 17.1 Å². The van der Waals surface area contributed by atoms with Crippen molar-refractivity contribution in [2.75, 3.05) is 0 Å². The second-order valence-corrected chi connectivity index (χ2v) is 5.89. The van der Waals surface area contributed by atoms with E-state index in [0.29, 0.717) is 11.5 Å². The molecule has 0 bridgehead atoms. The van der Waals surface area contributed by atoms with Crippen molar-refractivity contribution in [3.63, 3.8) is 0 Å². The second-order valence-electron chi connectivity index (χ2n) is 5.89. The lowest BCUT2D eigenvalue weighted by Crippen LogP contribution is -2.33. The Hall–Kier alpha value is -1.09. The maximum Gasteiger partial charge on any atom is 0.218 e. The molecule has 0 radical (unpaired) electrons. The first kappa shape index (κ1) is 13.3. The number of rotatable bonds is 6. The average Bonchev–Trinajstić information content (AvgIpc) is 3.06. The molecular formula is C15H24N2O. The molecule has 1 aliphatic rings. The number of nitrogens with zero attached hydrogens (tertiary/aromatic N) is 1. The van der Waals surface area contributed by atoms with E-state index in [2.05, 4.69) is 30.2 Å². The van der Waals surface area contributed by atoms with Gasteiger partial charge < -0.3 is 10.1 Å². The van der Waals surface area contributed by atoms with Crippen LogP contribution in [0.3, 0.4) is 0 Å². The summed E-state index contributed by atoms with van der Waals surface area (Å²) in [7, 11) is 0. The number of hydrogen-bond donors (Lipinski definition) is 1. The van der Waals surface area contributed by atoms with Gasteiger partial charge in [0.15, 0.2) is 0 Å². The smallest absolute Gasteiger partial charge is 0.218 e. The number of nitrogens with one attached hydrogen (secondary N) is 1. The summed E-state index contributed by atoms with van der Waals surface area (Å²) in [4.78, 5) is 4.31. The van der Waals surface area contributed by atoms with Crippen molar-refractivity contribution in [3.8, 4) is 5.88 Å². The van der Waals surface area contributed by atoms with Gasteiger partial charge in [0.2, 0.25) is 5.88 Å². The Bertz CT molecular complexity index is 399. The zero-order chi connectivity index (χ0) is 13.2. The van der Waals surface area contributed by atoms with Gasteiger partial charge in [0, 0.05) is 24.3 Å². The predicted molar refractivity (Wildman–Crippen MR) is 73.6 cm³/mol. The van der Waals surface area contributed by atoms with Crippen LogP contribution in [0.2, 0.25) is 0 Å². The summed E-state index contributed by atoms with van der Waals surface area (Å²) in [5.41, 5.74) is 1.64. The van der Waals surface area contributed by atoms with Crippen LogP contribution in [0.5, 0.6) is 5.88 Å². The van der Waals surface area contributed by atoms with E-state index in [1.165, 1.54) is 12.8 Å². The largest absolute Gasteiger partial charge is 0.475 e. The molecule has 3 nitrogen and oxygen atoms in total. The summed E-state index contributed by atoms with van der Waals surface area (Å²) >= 11 is 0. The van der Waals surface area contributed by atoms with Crippen LogP contribution in [0.4, 0.5) is 0 Å². The fraction of sp³-hybridized carbons (Fsp3) is 0.667. The Morgan fingerprint density at radius 1 is 1.39 bits per heavy atom. The minimum atomic E-state index is 0.164. The number of pyridine rings is 1. The highest BCUT2D eigenvalue weighted by Gasteiger charge is 2.42. The van der Waals surface area contributed by atoms with E-state index in [1.807, 2.05) is 19.9 Å². The van der Waals surface area contributed by atoms with E-state index in [9.17, 15) is 0 Å². The summed E-state index contributed by atoms with van der Waals surface area (Å²) in [5.74, 6) is 0.758. The van der Waals surface area contributed by atoms with Gasteiger partial charge in [-0.1, -0.05) is 13.0 Å². The summed E-state index contributed by atoms with van der Waals surface area (Å²) < 4.78 is 5.73. The number of ether oxygens (including phenoxy) is 1. The van der Waals surface area contributed by atoms with Gasteiger partial charge in [-0.15, -0.1) is 0 Å². The van der Waals surface area contributed by atoms with Crippen LogP contribution in [0.1, 0.15) is 46.1 Å². The van der Waals surface area contributed by atoms with Crippen molar-refractivity contribution < 1.29 is 4.74 Å². The molecule has 18 heavy (non-hydrogen) atoms. The second kappa shape index (κ2) is 5.27. The van der Waals surface area contributed by atoms with Crippen molar-refractivity contribution in [3.05, 3.63) is 23.9 Å². The van der Waals surface area contributed by atoms with Gasteiger partial charge in [-0.25, -0.2) is 4.98 Å². The van der Waals surface area contributed by atoms with E-state index in [4.69, 9.17) is 4.74 Å². The summed E-state index contributed by atoms with van der Waals surface area (Å²) in [5, 5.41) is 3.59. The lowest BCUT2D eigenvalue weighted by atomic mass is 10.0. The Morgan fingerprint density at radius 2 is 2.11 bits per heavy atom. The molecule has 0 spiro atoms. The lowest BCUT2D eigenvalue weighted by Gasteiger charge is -2.21. The molecular weight excluding hydrogens is 224 g/mol. The van der Waals surface area contributed by atoms with Gasteiger partial charge in [-0.3, -0.25) is 0 Å². The zero-order valence-corrected chi connectivity index (χ0v) is 11.9. The van der Waals surface area contributed by atoms with Gasteiger partial charge in [-0.05, 0) is 45.1 Å². The van der Waals surface area contributed by atoms with Crippen LogP contribution in [-0.2, 0) is 6.54 Å². The normalized spacial score (nSPS) is 18.7. The molecule has 0 amide bonds. The third-order valence-electron chi connectivity index (χ3n) is 3.88. The first-order valence-corrected chi connectivity index (χ1v) is 6.85. The molecule has 1 N–H and O–H groups in total. The molecule has 2 rings (SSSR count). The Morgan fingerprint density at radius 3 is 2.72 bits per heavy atom. The van der Waals surface area contributed by atoms with E-state index in [-0.39, 0.29) is 6.10 Å². The molecule has 100 valence electrons. The van der Waals surface area contributed by atoms with Crippen molar-refractivity contribution in [1.29, 1.82) is 0 Å². The summed E-state index contributed by atoms with van der Waals surface area (Å²) in [6.45, 7) is 9.50. The van der Waals surface area contributed by atoms with Crippen LogP contribution >= 0.6 is 0 Å². The molecule has 3 heteroatoms. The van der Waals surface area contributed by atoms with Gasteiger partial charge in [0.05, 0.1) is 6.10 Å². The molecule has 1 aromatic rings. The monoisotopic (exact) mass is 248 g/mol. The van der Waals surface area contributed by atoms with E-state index < -0.39 is 0 Å². The highest BCUT2D eigenvalue weighted by Crippen LogP contribution is 2.48. The van der Waals surface area contributed by atoms with Crippen molar-refractivity contribution in [2.45, 2.75) is 59.2 Å². The minimum absolute atomic E-state index is 0.164. The molecule has 0 aliphatic heterocycles. The highest BCUT2D eigenvalue weighted by atomic mass is 16.5. The average molecular weight is 248 g/mol. The molecule has 1 unspecified atom stereocenters. The third-order valence-corrected chi connectivity index (χ3v) is 3.88. The SMILES string of the molecule is CC(C)Oc1ncccc1CNC(C)C1(C)CC1. The fourth-order valence-electron chi connectivity index (χ4n) is 2.03. The van der Waals surface area contributed by atoms with Gasteiger partial charge in [0.1, 0.15) is 0 Å². The van der Waals surface area contributed by atoms with Crippen LogP contribution < -0.4 is 10.1 Å². The number of aromatic nitrogens is 1. The Kier molecular flexibility index (Phi) is 3.91. The van der Waals surface area contributed by atoms with Crippen molar-refractivity contribution in [2.24, 2.45) is 5.41 Å². The zero-order valence-electron chi connectivity index (χ0n) is 11.9.